The third kappa shape index (κ3) is 3.25. The number of hydrogen-bond donors (Lipinski definition) is 1. The number of hydrogen-bond acceptors (Lipinski definition) is 3. The van der Waals surface area contributed by atoms with Crippen LogP contribution in [0, 0.1) is 5.92 Å². The van der Waals surface area contributed by atoms with Crippen LogP contribution in [0.15, 0.2) is 30.6 Å². The highest BCUT2D eigenvalue weighted by Gasteiger charge is 2.41. The van der Waals surface area contributed by atoms with Gasteiger partial charge in [-0.2, -0.15) is 13.2 Å². The topological polar surface area (TPSA) is 37.8 Å². The molecule has 112 valence electrons. The molecule has 1 aliphatic carbocycles. The quantitative estimate of drug-likeness (QED) is 0.904. The van der Waals surface area contributed by atoms with E-state index in [1.165, 1.54) is 0 Å². The van der Waals surface area contributed by atoms with Gasteiger partial charge in [0.15, 0.2) is 0 Å². The zero-order valence-electron chi connectivity index (χ0n) is 11.4. The third-order valence-corrected chi connectivity index (χ3v) is 4.03. The van der Waals surface area contributed by atoms with Gasteiger partial charge in [-0.15, -0.1) is 0 Å². The molecule has 3 nitrogen and oxygen atoms in total. The Labute approximate surface area is 120 Å². The van der Waals surface area contributed by atoms with Gasteiger partial charge < -0.3 is 5.32 Å². The first-order valence-electron chi connectivity index (χ1n) is 7.06. The maximum Gasteiger partial charge on any atom is 0.391 e. The van der Waals surface area contributed by atoms with Crippen LogP contribution in [0.1, 0.15) is 25.7 Å². The number of fused-ring (bicyclic) bond motifs is 1. The molecule has 3 rings (SSSR count). The van der Waals surface area contributed by atoms with Gasteiger partial charge in [0.25, 0.3) is 0 Å². The first kappa shape index (κ1) is 14.1. The monoisotopic (exact) mass is 295 g/mol. The minimum atomic E-state index is -4.05. The van der Waals surface area contributed by atoms with Gasteiger partial charge in [0.05, 0.1) is 17.0 Å². The second-order valence-corrected chi connectivity index (χ2v) is 5.49. The molecule has 0 amide bonds. The van der Waals surface area contributed by atoms with Crippen molar-refractivity contribution in [2.24, 2.45) is 5.92 Å². The van der Waals surface area contributed by atoms with Crippen molar-refractivity contribution in [2.45, 2.75) is 37.9 Å². The molecule has 21 heavy (non-hydrogen) atoms. The number of alkyl halides is 3. The molecular weight excluding hydrogens is 279 g/mol. The third-order valence-electron chi connectivity index (χ3n) is 4.03. The molecule has 0 atom stereocenters. The van der Waals surface area contributed by atoms with Crippen molar-refractivity contribution in [3.63, 3.8) is 0 Å². The zero-order valence-corrected chi connectivity index (χ0v) is 11.4. The predicted octanol–water partition coefficient (Wildman–Crippen LogP) is 4.16. The predicted molar refractivity (Wildman–Crippen MR) is 75.0 cm³/mol. The van der Waals surface area contributed by atoms with Crippen molar-refractivity contribution in [2.75, 3.05) is 5.32 Å². The van der Waals surface area contributed by atoms with E-state index in [9.17, 15) is 13.2 Å². The van der Waals surface area contributed by atoms with Gasteiger partial charge in [0.1, 0.15) is 0 Å². The molecule has 1 aromatic carbocycles. The molecule has 1 saturated carbocycles. The second-order valence-electron chi connectivity index (χ2n) is 5.49. The normalized spacial score (nSPS) is 23.2. The van der Waals surface area contributed by atoms with Gasteiger partial charge in [-0.25, -0.2) is 0 Å². The number of nitrogens with zero attached hydrogens (tertiary/aromatic N) is 2. The van der Waals surface area contributed by atoms with E-state index < -0.39 is 12.1 Å². The summed E-state index contributed by atoms with van der Waals surface area (Å²) in [5, 5.41) is 3.31. The van der Waals surface area contributed by atoms with Crippen molar-refractivity contribution in [1.82, 2.24) is 9.97 Å². The lowest BCUT2D eigenvalue weighted by atomic mass is 9.85. The Bertz CT molecular complexity index is 619. The standard InChI is InChI=1S/C15H16F3N3/c16-15(17,18)10-1-3-11(4-2-10)21-12-5-6-13-14(9-12)20-8-7-19-13/h5-11,21H,1-4H2. The van der Waals surface area contributed by atoms with Crippen LogP contribution in [-0.2, 0) is 0 Å². The maximum absolute atomic E-state index is 12.6. The Morgan fingerprint density at radius 1 is 0.952 bits per heavy atom. The van der Waals surface area contributed by atoms with E-state index in [-0.39, 0.29) is 18.9 Å². The van der Waals surface area contributed by atoms with Crippen molar-refractivity contribution in [3.8, 4) is 0 Å². The first-order valence-corrected chi connectivity index (χ1v) is 7.06. The average Bonchev–Trinajstić information content (AvgIpc) is 2.47. The van der Waals surface area contributed by atoms with Crippen LogP contribution in [0.4, 0.5) is 18.9 Å². The van der Waals surface area contributed by atoms with Gasteiger partial charge >= 0.3 is 6.18 Å². The summed E-state index contributed by atoms with van der Waals surface area (Å²) in [5.41, 5.74) is 2.48. The summed E-state index contributed by atoms with van der Waals surface area (Å²) in [4.78, 5) is 8.42. The van der Waals surface area contributed by atoms with E-state index >= 15 is 0 Å². The second kappa shape index (κ2) is 5.50. The summed E-state index contributed by atoms with van der Waals surface area (Å²) >= 11 is 0. The fourth-order valence-corrected chi connectivity index (χ4v) is 2.85. The maximum atomic E-state index is 12.6. The van der Waals surface area contributed by atoms with Gasteiger partial charge in [-0.1, -0.05) is 0 Å². The highest BCUT2D eigenvalue weighted by molar-refractivity contribution is 5.78. The molecule has 0 aliphatic heterocycles. The van der Waals surface area contributed by atoms with E-state index in [4.69, 9.17) is 0 Å². The molecule has 0 spiro atoms. The van der Waals surface area contributed by atoms with Crippen LogP contribution in [0.3, 0.4) is 0 Å². The van der Waals surface area contributed by atoms with Crippen molar-refractivity contribution < 1.29 is 13.2 Å². The van der Waals surface area contributed by atoms with E-state index in [2.05, 4.69) is 15.3 Å². The number of nitrogens with one attached hydrogen (secondary N) is 1. The average molecular weight is 295 g/mol. The lowest BCUT2D eigenvalue weighted by Crippen LogP contribution is -2.32. The molecule has 1 fully saturated rings. The Kier molecular flexibility index (Phi) is 3.69. The molecule has 1 aromatic heterocycles. The van der Waals surface area contributed by atoms with Gasteiger partial charge in [-0.3, -0.25) is 9.97 Å². The first-order chi connectivity index (χ1) is 10.0. The van der Waals surface area contributed by atoms with Crippen molar-refractivity contribution in [3.05, 3.63) is 30.6 Å². The summed E-state index contributed by atoms with van der Waals surface area (Å²) in [5.74, 6) is -1.14. The summed E-state index contributed by atoms with van der Waals surface area (Å²) in [6.45, 7) is 0. The fourth-order valence-electron chi connectivity index (χ4n) is 2.85. The Morgan fingerprint density at radius 3 is 2.29 bits per heavy atom. The fraction of sp³-hybridized carbons (Fsp3) is 0.467. The molecule has 0 saturated heterocycles. The molecule has 1 aliphatic rings. The van der Waals surface area contributed by atoms with Crippen LogP contribution in [0.5, 0.6) is 0 Å². The molecule has 2 aromatic rings. The molecule has 0 radical (unpaired) electrons. The van der Waals surface area contributed by atoms with E-state index in [0.29, 0.717) is 12.8 Å². The lowest BCUT2D eigenvalue weighted by Gasteiger charge is -2.30. The van der Waals surface area contributed by atoms with Gasteiger partial charge in [0.2, 0.25) is 0 Å². The van der Waals surface area contributed by atoms with E-state index in [1.54, 1.807) is 12.4 Å². The van der Waals surface area contributed by atoms with Crippen molar-refractivity contribution >= 4 is 16.7 Å². The van der Waals surface area contributed by atoms with Crippen LogP contribution < -0.4 is 5.32 Å². The SMILES string of the molecule is FC(F)(F)C1CCC(Nc2ccc3nccnc3c2)CC1. The molecule has 6 heteroatoms. The van der Waals surface area contributed by atoms with Crippen LogP contribution in [-0.4, -0.2) is 22.2 Å². The van der Waals surface area contributed by atoms with Crippen molar-refractivity contribution in [1.29, 1.82) is 0 Å². The van der Waals surface area contributed by atoms with Crippen LogP contribution in [0.2, 0.25) is 0 Å². The Morgan fingerprint density at radius 2 is 1.62 bits per heavy atom. The molecule has 0 bridgehead atoms. The van der Waals surface area contributed by atoms with Crippen LogP contribution in [0.25, 0.3) is 11.0 Å². The minimum absolute atomic E-state index is 0.0951. The van der Waals surface area contributed by atoms with Gasteiger partial charge in [0, 0.05) is 24.1 Å². The summed E-state index contributed by atoms with van der Waals surface area (Å²) in [6, 6.07) is 5.74. The molecular formula is C15H16F3N3. The molecule has 1 N–H and O–H groups in total. The minimum Gasteiger partial charge on any atom is -0.382 e. The zero-order chi connectivity index (χ0) is 14.9. The summed E-state index contributed by atoms with van der Waals surface area (Å²) < 4.78 is 37.9. The number of aromatic nitrogens is 2. The number of anilines is 1. The van der Waals surface area contributed by atoms with E-state index in [1.807, 2.05) is 18.2 Å². The molecule has 0 unspecified atom stereocenters. The van der Waals surface area contributed by atoms with Gasteiger partial charge in [-0.05, 0) is 43.9 Å². The number of halogens is 3. The van der Waals surface area contributed by atoms with E-state index in [0.717, 1.165) is 16.7 Å². The smallest absolute Gasteiger partial charge is 0.382 e. The highest BCUT2D eigenvalue weighted by Crippen LogP contribution is 2.38. The summed E-state index contributed by atoms with van der Waals surface area (Å²) in [6.07, 6.45) is 0.701. The largest absolute Gasteiger partial charge is 0.391 e. The number of benzene rings is 1. The molecule has 1 heterocycles. The Hall–Kier alpha value is -1.85. The summed E-state index contributed by atoms with van der Waals surface area (Å²) in [7, 11) is 0. The lowest BCUT2D eigenvalue weighted by molar-refractivity contribution is -0.182. The van der Waals surface area contributed by atoms with Crippen LogP contribution >= 0.6 is 0 Å². The Balaban J connectivity index is 1.64. The highest BCUT2D eigenvalue weighted by atomic mass is 19.4. The number of rotatable bonds is 2.